The zero-order valence-electron chi connectivity index (χ0n) is 11.8. The van der Waals surface area contributed by atoms with Crippen LogP contribution >= 0.6 is 23.5 Å². The number of anilines is 1. The molecule has 3 nitrogen and oxygen atoms in total. The molecular formula is C17H11ClFN3S. The van der Waals surface area contributed by atoms with E-state index < -0.39 is 5.82 Å². The molecule has 0 radical (unpaired) electrons. The van der Waals surface area contributed by atoms with Gasteiger partial charge in [0, 0.05) is 21.8 Å². The predicted molar refractivity (Wildman–Crippen MR) is 91.8 cm³/mol. The van der Waals surface area contributed by atoms with Gasteiger partial charge in [-0.1, -0.05) is 23.7 Å². The van der Waals surface area contributed by atoms with Crippen LogP contribution in [0.5, 0.6) is 0 Å². The number of benzene rings is 2. The van der Waals surface area contributed by atoms with E-state index in [9.17, 15) is 4.39 Å². The molecule has 0 aliphatic rings. The minimum atomic E-state index is -0.454. The van der Waals surface area contributed by atoms with E-state index in [1.54, 1.807) is 12.1 Å². The molecule has 3 rings (SSSR count). The monoisotopic (exact) mass is 343 g/mol. The maximum absolute atomic E-state index is 13.8. The van der Waals surface area contributed by atoms with Gasteiger partial charge in [-0.2, -0.15) is 5.26 Å². The standard InChI is InChI=1S/C17H11ClFN3S/c18-13-4-2-12(3-5-13)17-8-14(10-21-17)23-22-16-6-1-11(9-20)7-15(16)19/h1-8,10,21-22H. The zero-order chi connectivity index (χ0) is 16.2. The molecule has 3 aromatic rings. The lowest BCUT2D eigenvalue weighted by atomic mass is 10.2. The highest BCUT2D eigenvalue weighted by Crippen LogP contribution is 2.28. The van der Waals surface area contributed by atoms with Gasteiger partial charge in [0.05, 0.1) is 17.3 Å². The first-order chi connectivity index (χ1) is 11.2. The summed E-state index contributed by atoms with van der Waals surface area (Å²) in [5.74, 6) is -0.454. The number of halogens is 2. The van der Waals surface area contributed by atoms with Crippen LogP contribution in [-0.2, 0) is 0 Å². The minimum Gasteiger partial charge on any atom is -0.360 e. The summed E-state index contributed by atoms with van der Waals surface area (Å²) < 4.78 is 16.7. The summed E-state index contributed by atoms with van der Waals surface area (Å²) in [6.45, 7) is 0. The number of nitrogens with zero attached hydrogens (tertiary/aromatic N) is 1. The third-order valence-corrected chi connectivity index (χ3v) is 4.23. The topological polar surface area (TPSA) is 51.6 Å². The van der Waals surface area contributed by atoms with Crippen LogP contribution in [-0.4, -0.2) is 4.98 Å². The molecule has 0 atom stereocenters. The lowest BCUT2D eigenvalue weighted by Crippen LogP contribution is -1.91. The third kappa shape index (κ3) is 3.67. The highest BCUT2D eigenvalue weighted by molar-refractivity contribution is 8.00. The van der Waals surface area contributed by atoms with Crippen molar-refractivity contribution >= 4 is 29.2 Å². The number of nitriles is 1. The molecule has 0 bridgehead atoms. The minimum absolute atomic E-state index is 0.296. The van der Waals surface area contributed by atoms with E-state index in [0.29, 0.717) is 16.3 Å². The normalized spacial score (nSPS) is 10.3. The number of rotatable bonds is 4. The molecule has 0 saturated carbocycles. The van der Waals surface area contributed by atoms with Crippen LogP contribution in [0.4, 0.5) is 10.1 Å². The summed E-state index contributed by atoms with van der Waals surface area (Å²) in [7, 11) is 0. The Hall–Kier alpha value is -2.42. The van der Waals surface area contributed by atoms with E-state index >= 15 is 0 Å². The van der Waals surface area contributed by atoms with E-state index in [2.05, 4.69) is 9.71 Å². The molecule has 1 aromatic heterocycles. The number of hydrogen-bond donors (Lipinski definition) is 2. The van der Waals surface area contributed by atoms with Crippen molar-refractivity contribution in [2.45, 2.75) is 4.90 Å². The fourth-order valence-corrected chi connectivity index (χ4v) is 2.82. The molecule has 0 spiro atoms. The predicted octanol–water partition coefficient (Wildman–Crippen LogP) is 5.47. The number of aromatic nitrogens is 1. The maximum Gasteiger partial charge on any atom is 0.148 e. The first-order valence-electron chi connectivity index (χ1n) is 6.72. The molecule has 114 valence electrons. The van der Waals surface area contributed by atoms with Crippen molar-refractivity contribution in [1.82, 2.24) is 4.98 Å². The summed E-state index contributed by atoms with van der Waals surface area (Å²) in [6.07, 6.45) is 1.84. The van der Waals surface area contributed by atoms with Crippen molar-refractivity contribution in [2.75, 3.05) is 4.72 Å². The Morgan fingerprint density at radius 2 is 1.91 bits per heavy atom. The van der Waals surface area contributed by atoms with Gasteiger partial charge in [-0.05, 0) is 53.9 Å². The Morgan fingerprint density at radius 1 is 1.13 bits per heavy atom. The summed E-state index contributed by atoms with van der Waals surface area (Å²) in [5, 5.41) is 9.42. The quantitative estimate of drug-likeness (QED) is 0.618. The van der Waals surface area contributed by atoms with E-state index in [1.807, 2.05) is 42.6 Å². The molecule has 23 heavy (non-hydrogen) atoms. The fourth-order valence-electron chi connectivity index (χ4n) is 2.01. The van der Waals surface area contributed by atoms with Crippen LogP contribution in [0, 0.1) is 17.1 Å². The molecular weight excluding hydrogens is 333 g/mol. The largest absolute Gasteiger partial charge is 0.360 e. The fraction of sp³-hybridized carbons (Fsp3) is 0. The van der Waals surface area contributed by atoms with Crippen LogP contribution in [0.15, 0.2) is 59.6 Å². The Kier molecular flexibility index (Phi) is 4.56. The molecule has 0 aliphatic heterocycles. The van der Waals surface area contributed by atoms with Gasteiger partial charge in [-0.15, -0.1) is 0 Å². The first kappa shape index (κ1) is 15.5. The second kappa shape index (κ2) is 6.78. The van der Waals surface area contributed by atoms with Gasteiger partial charge in [0.15, 0.2) is 0 Å². The Morgan fingerprint density at radius 3 is 2.61 bits per heavy atom. The second-order valence-electron chi connectivity index (χ2n) is 4.77. The van der Waals surface area contributed by atoms with E-state index in [0.717, 1.165) is 16.2 Å². The number of nitrogens with one attached hydrogen (secondary N) is 2. The third-order valence-electron chi connectivity index (χ3n) is 3.19. The summed E-state index contributed by atoms with van der Waals surface area (Å²) in [4.78, 5) is 4.09. The SMILES string of the molecule is N#Cc1ccc(NSc2c[nH]c(-c3ccc(Cl)cc3)c2)c(F)c1. The molecule has 2 aromatic carbocycles. The number of aromatic amines is 1. The van der Waals surface area contributed by atoms with E-state index in [-0.39, 0.29) is 0 Å². The van der Waals surface area contributed by atoms with Crippen LogP contribution in [0.1, 0.15) is 5.56 Å². The Labute approximate surface area is 142 Å². The lowest BCUT2D eigenvalue weighted by Gasteiger charge is -2.05. The van der Waals surface area contributed by atoms with Crippen LogP contribution in [0.3, 0.4) is 0 Å². The van der Waals surface area contributed by atoms with Crippen LogP contribution in [0.25, 0.3) is 11.3 Å². The molecule has 1 heterocycles. The molecule has 0 fully saturated rings. The molecule has 0 unspecified atom stereocenters. The molecule has 0 saturated heterocycles. The molecule has 6 heteroatoms. The summed E-state index contributed by atoms with van der Waals surface area (Å²) in [6, 6.07) is 15.7. The highest BCUT2D eigenvalue weighted by Gasteiger charge is 2.06. The average Bonchev–Trinajstić information content (AvgIpc) is 3.03. The van der Waals surface area contributed by atoms with Gasteiger partial charge in [-0.3, -0.25) is 0 Å². The average molecular weight is 344 g/mol. The smallest absolute Gasteiger partial charge is 0.148 e. The van der Waals surface area contributed by atoms with Crippen molar-refractivity contribution in [2.24, 2.45) is 0 Å². The Bertz CT molecular complexity index is 868. The van der Waals surface area contributed by atoms with Crippen molar-refractivity contribution < 1.29 is 4.39 Å². The van der Waals surface area contributed by atoms with Gasteiger partial charge in [-0.25, -0.2) is 4.39 Å². The van der Waals surface area contributed by atoms with Gasteiger partial charge in [0.2, 0.25) is 0 Å². The molecule has 0 aliphatic carbocycles. The molecule has 2 N–H and O–H groups in total. The van der Waals surface area contributed by atoms with E-state index in [1.165, 1.54) is 18.0 Å². The summed E-state index contributed by atoms with van der Waals surface area (Å²) in [5.41, 5.74) is 2.60. The van der Waals surface area contributed by atoms with Crippen molar-refractivity contribution in [3.8, 4) is 17.3 Å². The van der Waals surface area contributed by atoms with Crippen molar-refractivity contribution in [1.29, 1.82) is 5.26 Å². The second-order valence-corrected chi connectivity index (χ2v) is 6.08. The summed E-state index contributed by atoms with van der Waals surface area (Å²) >= 11 is 7.17. The van der Waals surface area contributed by atoms with Gasteiger partial charge >= 0.3 is 0 Å². The number of H-pyrrole nitrogens is 1. The van der Waals surface area contributed by atoms with Crippen LogP contribution < -0.4 is 4.72 Å². The zero-order valence-corrected chi connectivity index (χ0v) is 13.4. The van der Waals surface area contributed by atoms with Gasteiger partial charge in [0.1, 0.15) is 5.82 Å². The highest BCUT2D eigenvalue weighted by atomic mass is 35.5. The van der Waals surface area contributed by atoms with Crippen molar-refractivity contribution in [3.63, 3.8) is 0 Å². The van der Waals surface area contributed by atoms with E-state index in [4.69, 9.17) is 16.9 Å². The maximum atomic E-state index is 13.8. The van der Waals surface area contributed by atoms with Gasteiger partial charge in [0.25, 0.3) is 0 Å². The lowest BCUT2D eigenvalue weighted by molar-refractivity contribution is 0.632. The first-order valence-corrected chi connectivity index (χ1v) is 7.92. The molecule has 0 amide bonds. The van der Waals surface area contributed by atoms with Gasteiger partial charge < -0.3 is 9.71 Å². The Balaban J connectivity index is 1.70. The van der Waals surface area contributed by atoms with Crippen molar-refractivity contribution in [3.05, 3.63) is 71.1 Å². The van der Waals surface area contributed by atoms with Crippen LogP contribution in [0.2, 0.25) is 5.02 Å². The number of hydrogen-bond acceptors (Lipinski definition) is 3.